The SMILES string of the molecule is CC(C)(CNC(=O)C1COCCN1)c1ccc(Cl)c(Cl)c1.Cl. The van der Waals surface area contributed by atoms with Crippen LogP contribution in [0.15, 0.2) is 18.2 Å². The largest absolute Gasteiger partial charge is 0.378 e. The summed E-state index contributed by atoms with van der Waals surface area (Å²) in [5, 5.41) is 7.16. The highest BCUT2D eigenvalue weighted by Gasteiger charge is 2.26. The number of amides is 1. The number of halogens is 3. The Morgan fingerprint density at radius 2 is 2.14 bits per heavy atom. The van der Waals surface area contributed by atoms with Gasteiger partial charge in [-0.2, -0.15) is 0 Å². The summed E-state index contributed by atoms with van der Waals surface area (Å²) in [6.45, 7) is 6.39. The quantitative estimate of drug-likeness (QED) is 0.860. The molecule has 0 aliphatic carbocycles. The highest BCUT2D eigenvalue weighted by Crippen LogP contribution is 2.29. The summed E-state index contributed by atoms with van der Waals surface area (Å²) < 4.78 is 5.29. The van der Waals surface area contributed by atoms with Crippen molar-refractivity contribution >= 4 is 41.5 Å². The summed E-state index contributed by atoms with van der Waals surface area (Å²) >= 11 is 12.0. The molecule has 1 unspecified atom stereocenters. The van der Waals surface area contributed by atoms with Crippen LogP contribution < -0.4 is 10.6 Å². The summed E-state index contributed by atoms with van der Waals surface area (Å²) in [7, 11) is 0. The zero-order chi connectivity index (χ0) is 15.5. The van der Waals surface area contributed by atoms with Gasteiger partial charge in [-0.05, 0) is 17.7 Å². The van der Waals surface area contributed by atoms with Crippen LogP contribution in [-0.2, 0) is 14.9 Å². The third-order valence-electron chi connectivity index (χ3n) is 3.64. The minimum atomic E-state index is -0.275. The molecule has 0 radical (unpaired) electrons. The second kappa shape index (κ2) is 8.37. The van der Waals surface area contributed by atoms with Gasteiger partial charge >= 0.3 is 0 Å². The number of morpholine rings is 1. The zero-order valence-corrected chi connectivity index (χ0v) is 14.9. The van der Waals surface area contributed by atoms with Crippen LogP contribution >= 0.6 is 35.6 Å². The van der Waals surface area contributed by atoms with Gasteiger partial charge in [-0.3, -0.25) is 4.79 Å². The van der Waals surface area contributed by atoms with Crippen molar-refractivity contribution in [2.75, 3.05) is 26.3 Å². The predicted molar refractivity (Wildman–Crippen MR) is 92.4 cm³/mol. The molecule has 7 heteroatoms. The molecule has 0 bridgehead atoms. The molecule has 2 rings (SSSR count). The van der Waals surface area contributed by atoms with E-state index in [1.807, 2.05) is 12.1 Å². The molecule has 1 aliphatic rings. The first-order valence-electron chi connectivity index (χ1n) is 6.94. The van der Waals surface area contributed by atoms with E-state index >= 15 is 0 Å². The molecule has 1 saturated heterocycles. The van der Waals surface area contributed by atoms with Crippen LogP contribution in [0.2, 0.25) is 10.0 Å². The third-order valence-corrected chi connectivity index (χ3v) is 4.38. The molecule has 1 amide bonds. The number of carbonyl (C=O) groups is 1. The molecule has 2 N–H and O–H groups in total. The van der Waals surface area contributed by atoms with Crippen LogP contribution in [0.4, 0.5) is 0 Å². The number of benzene rings is 1. The van der Waals surface area contributed by atoms with Gasteiger partial charge in [-0.25, -0.2) is 0 Å². The number of carbonyl (C=O) groups excluding carboxylic acids is 1. The minimum absolute atomic E-state index is 0. The van der Waals surface area contributed by atoms with Gasteiger partial charge in [-0.15, -0.1) is 12.4 Å². The van der Waals surface area contributed by atoms with Crippen LogP contribution in [0.1, 0.15) is 19.4 Å². The van der Waals surface area contributed by atoms with Gasteiger partial charge in [0, 0.05) is 18.5 Å². The number of hydrogen-bond acceptors (Lipinski definition) is 3. The minimum Gasteiger partial charge on any atom is -0.378 e. The lowest BCUT2D eigenvalue weighted by Gasteiger charge is -2.28. The molecule has 0 saturated carbocycles. The van der Waals surface area contributed by atoms with Gasteiger partial charge < -0.3 is 15.4 Å². The van der Waals surface area contributed by atoms with Crippen LogP contribution in [-0.4, -0.2) is 38.3 Å². The van der Waals surface area contributed by atoms with E-state index in [1.54, 1.807) is 6.07 Å². The maximum atomic E-state index is 12.1. The summed E-state index contributed by atoms with van der Waals surface area (Å²) in [5.74, 6) is -0.0390. The van der Waals surface area contributed by atoms with E-state index in [1.165, 1.54) is 0 Å². The van der Waals surface area contributed by atoms with Crippen molar-refractivity contribution in [1.82, 2.24) is 10.6 Å². The molecule has 1 aliphatic heterocycles. The van der Waals surface area contributed by atoms with Crippen LogP contribution in [0, 0.1) is 0 Å². The molecule has 1 atom stereocenters. The van der Waals surface area contributed by atoms with Crippen LogP contribution in [0.25, 0.3) is 0 Å². The van der Waals surface area contributed by atoms with E-state index in [0.29, 0.717) is 36.3 Å². The standard InChI is InChI=1S/C15H20Cl2N2O2.ClH/c1-15(2,10-3-4-11(16)12(17)7-10)9-19-14(20)13-8-21-6-5-18-13;/h3-4,7,13,18H,5-6,8-9H2,1-2H3,(H,19,20);1H. The smallest absolute Gasteiger partial charge is 0.239 e. The van der Waals surface area contributed by atoms with Gasteiger partial charge in [0.15, 0.2) is 0 Å². The Morgan fingerprint density at radius 3 is 2.73 bits per heavy atom. The fourth-order valence-corrected chi connectivity index (χ4v) is 2.48. The molecule has 0 spiro atoms. The van der Waals surface area contributed by atoms with E-state index < -0.39 is 0 Å². The van der Waals surface area contributed by atoms with Crippen molar-refractivity contribution in [2.24, 2.45) is 0 Å². The van der Waals surface area contributed by atoms with E-state index in [-0.39, 0.29) is 29.8 Å². The van der Waals surface area contributed by atoms with Crippen molar-refractivity contribution in [3.63, 3.8) is 0 Å². The molecule has 22 heavy (non-hydrogen) atoms. The van der Waals surface area contributed by atoms with E-state index in [0.717, 1.165) is 5.56 Å². The summed E-state index contributed by atoms with van der Waals surface area (Å²) in [6, 6.07) is 5.28. The van der Waals surface area contributed by atoms with Gasteiger partial charge in [0.05, 0.1) is 23.3 Å². The Balaban J connectivity index is 0.00000242. The summed E-state index contributed by atoms with van der Waals surface area (Å²) in [6.07, 6.45) is 0. The Hall–Kier alpha value is -0.520. The molecular formula is C15H21Cl3N2O2. The fourth-order valence-electron chi connectivity index (χ4n) is 2.18. The number of nitrogens with one attached hydrogen (secondary N) is 2. The maximum absolute atomic E-state index is 12.1. The number of ether oxygens (including phenoxy) is 1. The second-order valence-electron chi connectivity index (χ2n) is 5.81. The highest BCUT2D eigenvalue weighted by molar-refractivity contribution is 6.42. The summed E-state index contributed by atoms with van der Waals surface area (Å²) in [5.41, 5.74) is 0.796. The van der Waals surface area contributed by atoms with Crippen LogP contribution in [0.3, 0.4) is 0 Å². The molecule has 0 aromatic heterocycles. The number of rotatable bonds is 4. The first-order chi connectivity index (χ1) is 9.90. The molecule has 1 aromatic rings. The fraction of sp³-hybridized carbons (Fsp3) is 0.533. The van der Waals surface area contributed by atoms with Crippen molar-refractivity contribution in [2.45, 2.75) is 25.3 Å². The van der Waals surface area contributed by atoms with Crippen molar-refractivity contribution in [1.29, 1.82) is 0 Å². The van der Waals surface area contributed by atoms with Crippen LogP contribution in [0.5, 0.6) is 0 Å². The first-order valence-corrected chi connectivity index (χ1v) is 7.70. The number of hydrogen-bond donors (Lipinski definition) is 2. The molecular weight excluding hydrogens is 347 g/mol. The Kier molecular flexibility index (Phi) is 7.42. The van der Waals surface area contributed by atoms with Crippen molar-refractivity contribution in [3.05, 3.63) is 33.8 Å². The lowest BCUT2D eigenvalue weighted by atomic mass is 9.84. The molecule has 124 valence electrons. The van der Waals surface area contributed by atoms with Gasteiger partial charge in [0.1, 0.15) is 6.04 Å². The first kappa shape index (κ1) is 19.5. The average molecular weight is 368 g/mol. The Labute approximate surface area is 147 Å². The van der Waals surface area contributed by atoms with E-state index in [4.69, 9.17) is 27.9 Å². The van der Waals surface area contributed by atoms with E-state index in [9.17, 15) is 4.79 Å². The molecule has 4 nitrogen and oxygen atoms in total. The Bertz CT molecular complexity index is 518. The maximum Gasteiger partial charge on any atom is 0.239 e. The predicted octanol–water partition coefficient (Wildman–Crippen LogP) is 2.80. The lowest BCUT2D eigenvalue weighted by Crippen LogP contribution is -2.52. The van der Waals surface area contributed by atoms with Gasteiger partial charge in [0.25, 0.3) is 0 Å². The van der Waals surface area contributed by atoms with Gasteiger partial charge in [-0.1, -0.05) is 43.1 Å². The lowest BCUT2D eigenvalue weighted by molar-refractivity contribution is -0.126. The normalized spacial score (nSPS) is 18.5. The second-order valence-corrected chi connectivity index (χ2v) is 6.63. The van der Waals surface area contributed by atoms with Crippen molar-refractivity contribution < 1.29 is 9.53 Å². The van der Waals surface area contributed by atoms with Crippen molar-refractivity contribution in [3.8, 4) is 0 Å². The zero-order valence-electron chi connectivity index (χ0n) is 12.6. The van der Waals surface area contributed by atoms with E-state index in [2.05, 4.69) is 24.5 Å². The molecule has 1 aromatic carbocycles. The summed E-state index contributed by atoms with van der Waals surface area (Å²) in [4.78, 5) is 12.1. The van der Waals surface area contributed by atoms with Gasteiger partial charge in [0.2, 0.25) is 5.91 Å². The molecule has 1 heterocycles. The Morgan fingerprint density at radius 1 is 1.41 bits per heavy atom. The highest BCUT2D eigenvalue weighted by atomic mass is 35.5. The average Bonchev–Trinajstić information content (AvgIpc) is 2.48. The topological polar surface area (TPSA) is 50.4 Å². The monoisotopic (exact) mass is 366 g/mol. The third kappa shape index (κ3) is 5.00. The molecule has 1 fully saturated rings.